The van der Waals surface area contributed by atoms with Gasteiger partial charge in [-0.25, -0.2) is 8.42 Å². The van der Waals surface area contributed by atoms with E-state index in [1.165, 1.54) is 47.3 Å². The Kier molecular flexibility index (Phi) is 7.58. The number of nitro benzene ring substituents is 1. The molecule has 1 heterocycles. The summed E-state index contributed by atoms with van der Waals surface area (Å²) in [6.45, 7) is 1.60. The minimum atomic E-state index is -4.15. The van der Waals surface area contributed by atoms with E-state index in [9.17, 15) is 18.5 Å². The van der Waals surface area contributed by atoms with E-state index in [2.05, 4.69) is 35.2 Å². The first-order valence-corrected chi connectivity index (χ1v) is 14.5. The molecule has 194 valence electrons. The van der Waals surface area contributed by atoms with Gasteiger partial charge >= 0.3 is 0 Å². The average Bonchev–Trinajstić information content (AvgIpc) is 2.94. The van der Waals surface area contributed by atoms with Crippen LogP contribution in [0.1, 0.15) is 50.0 Å². The number of hydrogen-bond acceptors (Lipinski definition) is 5. The van der Waals surface area contributed by atoms with Crippen molar-refractivity contribution in [2.45, 2.75) is 61.4 Å². The van der Waals surface area contributed by atoms with E-state index >= 15 is 0 Å². The molecule has 0 radical (unpaired) electrons. The zero-order valence-electron chi connectivity index (χ0n) is 20.9. The molecule has 8 heteroatoms. The van der Waals surface area contributed by atoms with Crippen LogP contribution in [0.15, 0.2) is 89.8 Å². The Hall–Kier alpha value is -3.23. The number of sulfonamides is 1. The van der Waals surface area contributed by atoms with E-state index in [4.69, 9.17) is 0 Å². The third kappa shape index (κ3) is 5.26. The second-order valence-electron chi connectivity index (χ2n) is 10.00. The molecule has 1 aliphatic heterocycles. The molecule has 5 rings (SSSR count). The predicted octanol–water partition coefficient (Wildman–Crippen LogP) is 5.98. The van der Waals surface area contributed by atoms with Crippen molar-refractivity contribution in [3.8, 4) is 0 Å². The van der Waals surface area contributed by atoms with Gasteiger partial charge in [0.05, 0.1) is 10.6 Å². The van der Waals surface area contributed by atoms with Crippen molar-refractivity contribution in [2.75, 3.05) is 17.4 Å². The second-order valence-corrected chi connectivity index (χ2v) is 11.8. The summed E-state index contributed by atoms with van der Waals surface area (Å²) in [6, 6.07) is 25.5. The maximum atomic E-state index is 14.0. The Morgan fingerprint density at radius 1 is 0.784 bits per heavy atom. The third-order valence-corrected chi connectivity index (χ3v) is 9.79. The highest BCUT2D eigenvalue weighted by atomic mass is 32.2. The molecule has 1 saturated carbocycles. The smallest absolute Gasteiger partial charge is 0.289 e. The van der Waals surface area contributed by atoms with Gasteiger partial charge in [-0.3, -0.25) is 19.3 Å². The largest absolute Gasteiger partial charge is 0.300 e. The Balaban J connectivity index is 1.41. The van der Waals surface area contributed by atoms with Gasteiger partial charge in [0, 0.05) is 31.2 Å². The first-order valence-electron chi connectivity index (χ1n) is 13.1. The molecule has 2 aliphatic rings. The van der Waals surface area contributed by atoms with Gasteiger partial charge in [-0.05, 0) is 55.4 Å². The maximum absolute atomic E-state index is 14.0. The zero-order chi connectivity index (χ0) is 25.8. The zero-order valence-corrected chi connectivity index (χ0v) is 21.7. The van der Waals surface area contributed by atoms with Gasteiger partial charge in [-0.2, -0.15) is 0 Å². The molecule has 1 saturated heterocycles. The van der Waals surface area contributed by atoms with Crippen LogP contribution in [0.2, 0.25) is 0 Å². The molecule has 0 N–H and O–H groups in total. The molecule has 0 amide bonds. The third-order valence-electron chi connectivity index (χ3n) is 7.87. The van der Waals surface area contributed by atoms with Crippen molar-refractivity contribution in [1.29, 1.82) is 0 Å². The van der Waals surface area contributed by atoms with Gasteiger partial charge in [-0.15, -0.1) is 0 Å². The van der Waals surface area contributed by atoms with Crippen LogP contribution in [-0.2, 0) is 10.0 Å². The number of nitrogens with zero attached hydrogens (tertiary/aromatic N) is 3. The van der Waals surface area contributed by atoms with Crippen molar-refractivity contribution in [1.82, 2.24) is 4.90 Å². The lowest BCUT2D eigenvalue weighted by molar-refractivity contribution is -0.387. The summed E-state index contributed by atoms with van der Waals surface area (Å²) in [5.74, 6) is 0.493. The fourth-order valence-corrected chi connectivity index (χ4v) is 8.01. The van der Waals surface area contributed by atoms with Crippen molar-refractivity contribution in [2.24, 2.45) is 0 Å². The molecule has 3 aromatic rings. The summed E-state index contributed by atoms with van der Waals surface area (Å²) in [5, 5.41) is 11.7. The van der Waals surface area contributed by atoms with Gasteiger partial charge in [0.2, 0.25) is 0 Å². The van der Waals surface area contributed by atoms with Crippen LogP contribution < -0.4 is 4.31 Å². The lowest BCUT2D eigenvalue weighted by Crippen LogP contribution is -2.51. The number of piperidine rings is 1. The molecule has 7 nitrogen and oxygen atoms in total. The molecule has 37 heavy (non-hydrogen) atoms. The van der Waals surface area contributed by atoms with Gasteiger partial charge in [0.25, 0.3) is 15.7 Å². The quantitative estimate of drug-likeness (QED) is 0.283. The highest BCUT2D eigenvalue weighted by Crippen LogP contribution is 2.39. The summed E-state index contributed by atoms with van der Waals surface area (Å²) >= 11 is 0. The molecule has 2 unspecified atom stereocenters. The van der Waals surface area contributed by atoms with E-state index in [1.54, 1.807) is 30.3 Å². The minimum Gasteiger partial charge on any atom is -0.300 e. The van der Waals surface area contributed by atoms with E-state index in [0.717, 1.165) is 19.5 Å². The second kappa shape index (κ2) is 11.0. The summed E-state index contributed by atoms with van der Waals surface area (Å²) in [6.07, 6.45) is 6.13. The van der Waals surface area contributed by atoms with Gasteiger partial charge < -0.3 is 0 Å². The van der Waals surface area contributed by atoms with E-state index < -0.39 is 20.6 Å². The van der Waals surface area contributed by atoms with Gasteiger partial charge in [0.15, 0.2) is 4.90 Å². The minimum absolute atomic E-state index is 0.261. The van der Waals surface area contributed by atoms with Crippen LogP contribution in [0, 0.1) is 10.1 Å². The van der Waals surface area contributed by atoms with E-state index in [1.807, 2.05) is 6.07 Å². The van der Waals surface area contributed by atoms with Crippen LogP contribution in [-0.4, -0.2) is 43.4 Å². The number of rotatable bonds is 7. The Labute approximate surface area is 218 Å². The van der Waals surface area contributed by atoms with Crippen molar-refractivity contribution < 1.29 is 13.3 Å². The van der Waals surface area contributed by atoms with Crippen molar-refractivity contribution in [3.63, 3.8) is 0 Å². The fourth-order valence-electron chi connectivity index (χ4n) is 6.14. The molecule has 1 aliphatic carbocycles. The first-order chi connectivity index (χ1) is 18.0. The molecule has 2 atom stereocenters. The number of likely N-dealkylation sites (tertiary alicyclic amines) is 1. The molecular formula is C29H33N3O4S. The van der Waals surface area contributed by atoms with Gasteiger partial charge in [-0.1, -0.05) is 73.5 Å². The highest BCUT2D eigenvalue weighted by molar-refractivity contribution is 7.93. The summed E-state index contributed by atoms with van der Waals surface area (Å²) in [5.41, 5.74) is 1.53. The molecule has 3 aromatic carbocycles. The van der Waals surface area contributed by atoms with Gasteiger partial charge in [0.1, 0.15) is 0 Å². The molecular weight excluding hydrogens is 486 g/mol. The maximum Gasteiger partial charge on any atom is 0.289 e. The van der Waals surface area contributed by atoms with Crippen LogP contribution in [0.3, 0.4) is 0 Å². The highest BCUT2D eigenvalue weighted by Gasteiger charge is 2.40. The first kappa shape index (κ1) is 25.4. The summed E-state index contributed by atoms with van der Waals surface area (Å²) < 4.78 is 29.4. The number of benzene rings is 3. The lowest BCUT2D eigenvalue weighted by Gasteiger charge is -2.45. The molecule has 0 spiro atoms. The number of anilines is 1. The van der Waals surface area contributed by atoms with Crippen LogP contribution in [0.25, 0.3) is 0 Å². The predicted molar refractivity (Wildman–Crippen MR) is 145 cm³/mol. The fraction of sp³-hybridized carbons (Fsp3) is 0.379. The Morgan fingerprint density at radius 2 is 1.38 bits per heavy atom. The standard InChI is InChI=1S/C29H33N3O4S/c33-32(34)28-17-9-10-18-29(28)37(35,36)31(24-13-5-2-6-14-24)25-19-21-30(22-20-25)27-16-8-7-15-26(27)23-11-3-1-4-12-23/h1-6,9-14,17-18,25-27H,7-8,15-16,19-22H2. The monoisotopic (exact) mass is 519 g/mol. The Morgan fingerprint density at radius 3 is 2.05 bits per heavy atom. The van der Waals surface area contributed by atoms with E-state index in [0.29, 0.717) is 30.5 Å². The normalized spacial score (nSPS) is 21.4. The molecule has 2 fully saturated rings. The van der Waals surface area contributed by atoms with Crippen LogP contribution in [0.5, 0.6) is 0 Å². The van der Waals surface area contributed by atoms with Crippen LogP contribution >= 0.6 is 0 Å². The van der Waals surface area contributed by atoms with Crippen molar-refractivity contribution >= 4 is 21.4 Å². The summed E-state index contributed by atoms with van der Waals surface area (Å²) in [4.78, 5) is 13.4. The lowest BCUT2D eigenvalue weighted by atomic mass is 9.78. The number of para-hydroxylation sites is 2. The van der Waals surface area contributed by atoms with Crippen molar-refractivity contribution in [3.05, 3.63) is 101 Å². The van der Waals surface area contributed by atoms with Crippen LogP contribution in [0.4, 0.5) is 11.4 Å². The Bertz CT molecular complexity index is 1310. The topological polar surface area (TPSA) is 83.8 Å². The SMILES string of the molecule is O=[N+]([O-])c1ccccc1S(=O)(=O)N(c1ccccc1)C1CCN(C2CCCCC2c2ccccc2)CC1. The molecule has 0 bridgehead atoms. The summed E-state index contributed by atoms with van der Waals surface area (Å²) in [7, 11) is -4.15. The number of nitro groups is 1. The number of hydrogen-bond donors (Lipinski definition) is 0. The average molecular weight is 520 g/mol. The molecule has 0 aromatic heterocycles. The van der Waals surface area contributed by atoms with E-state index in [-0.39, 0.29) is 10.9 Å².